The van der Waals surface area contributed by atoms with Gasteiger partial charge >= 0.3 is 0 Å². The Morgan fingerprint density at radius 2 is 2.00 bits per heavy atom. The number of morpholine rings is 1. The number of hydrogen-bond acceptors (Lipinski definition) is 3. The maximum Gasteiger partial charge on any atom is 0.275 e. The van der Waals surface area contributed by atoms with E-state index in [-0.39, 0.29) is 5.91 Å². The Morgan fingerprint density at radius 3 is 2.71 bits per heavy atom. The fourth-order valence-electron chi connectivity index (χ4n) is 2.48. The van der Waals surface area contributed by atoms with Gasteiger partial charge < -0.3 is 19.9 Å². The van der Waals surface area contributed by atoms with Crippen LogP contribution in [0, 0.1) is 0 Å². The third-order valence-corrected chi connectivity index (χ3v) is 3.80. The van der Waals surface area contributed by atoms with Crippen molar-refractivity contribution < 1.29 is 14.4 Å². The zero-order valence-electron chi connectivity index (χ0n) is 12.8. The van der Waals surface area contributed by atoms with Gasteiger partial charge in [0.2, 0.25) is 0 Å². The van der Waals surface area contributed by atoms with Crippen molar-refractivity contribution in [2.75, 3.05) is 57.9 Å². The minimum Gasteiger partial charge on any atom is -0.375 e. The summed E-state index contributed by atoms with van der Waals surface area (Å²) in [7, 11) is 2.08. The number of nitrogens with zero attached hydrogens (tertiary/aromatic N) is 1. The monoisotopic (exact) mass is 292 g/mol. The number of ether oxygens (including phenoxy) is 1. The predicted octanol–water partition coefficient (Wildman–Crippen LogP) is -0.456. The molecule has 0 radical (unpaired) electrons. The number of amides is 1. The second-order valence-electron chi connectivity index (χ2n) is 5.50. The first-order chi connectivity index (χ1) is 10.3. The van der Waals surface area contributed by atoms with Crippen molar-refractivity contribution in [1.29, 1.82) is 0 Å². The molecule has 0 unspecified atom stereocenters. The van der Waals surface area contributed by atoms with Crippen molar-refractivity contribution in [1.82, 2.24) is 5.32 Å². The SMILES string of the molecule is CN(CCCNC(=O)C[NH+]1CCOCC1)c1ccccc1. The van der Waals surface area contributed by atoms with Gasteiger partial charge in [0.1, 0.15) is 13.1 Å². The molecule has 1 aromatic rings. The summed E-state index contributed by atoms with van der Waals surface area (Å²) in [5.41, 5.74) is 1.21. The molecule has 0 aromatic heterocycles. The van der Waals surface area contributed by atoms with Gasteiger partial charge in [-0.25, -0.2) is 0 Å². The minimum absolute atomic E-state index is 0.147. The van der Waals surface area contributed by atoms with Gasteiger partial charge in [0.05, 0.1) is 13.2 Å². The first kappa shape index (κ1) is 15.8. The van der Waals surface area contributed by atoms with E-state index in [1.165, 1.54) is 10.6 Å². The van der Waals surface area contributed by atoms with Gasteiger partial charge in [-0.3, -0.25) is 4.79 Å². The van der Waals surface area contributed by atoms with Crippen LogP contribution < -0.4 is 15.1 Å². The van der Waals surface area contributed by atoms with E-state index in [0.29, 0.717) is 6.54 Å². The van der Waals surface area contributed by atoms with E-state index < -0.39 is 0 Å². The molecule has 5 heteroatoms. The summed E-state index contributed by atoms with van der Waals surface area (Å²) in [4.78, 5) is 15.4. The molecule has 2 N–H and O–H groups in total. The first-order valence-corrected chi connectivity index (χ1v) is 7.70. The summed E-state index contributed by atoms with van der Waals surface area (Å²) in [5, 5.41) is 3.01. The lowest BCUT2D eigenvalue weighted by Crippen LogP contribution is -3.15. The molecule has 0 aliphatic carbocycles. The molecule has 1 amide bonds. The van der Waals surface area contributed by atoms with E-state index >= 15 is 0 Å². The number of carbonyl (C=O) groups is 1. The quantitative estimate of drug-likeness (QED) is 0.669. The molecule has 0 bridgehead atoms. The molecule has 1 heterocycles. The number of quaternary nitrogens is 1. The van der Waals surface area contributed by atoms with Gasteiger partial charge in [-0.15, -0.1) is 0 Å². The lowest BCUT2D eigenvalue weighted by atomic mass is 10.3. The highest BCUT2D eigenvalue weighted by Crippen LogP contribution is 2.10. The molecule has 0 saturated carbocycles. The fourth-order valence-corrected chi connectivity index (χ4v) is 2.48. The smallest absolute Gasteiger partial charge is 0.275 e. The minimum atomic E-state index is 0.147. The Bertz CT molecular complexity index is 419. The number of carbonyl (C=O) groups excluding carboxylic acids is 1. The van der Waals surface area contributed by atoms with E-state index in [1.807, 2.05) is 18.2 Å². The second-order valence-corrected chi connectivity index (χ2v) is 5.50. The number of hydrogen-bond donors (Lipinski definition) is 2. The number of para-hydroxylation sites is 1. The number of nitrogens with one attached hydrogen (secondary N) is 2. The van der Waals surface area contributed by atoms with Crippen LogP contribution >= 0.6 is 0 Å². The highest BCUT2D eigenvalue weighted by Gasteiger charge is 2.17. The van der Waals surface area contributed by atoms with E-state index in [9.17, 15) is 4.79 Å². The molecule has 116 valence electrons. The highest BCUT2D eigenvalue weighted by atomic mass is 16.5. The van der Waals surface area contributed by atoms with Crippen LogP contribution in [0.5, 0.6) is 0 Å². The molecule has 1 fully saturated rings. The third-order valence-electron chi connectivity index (χ3n) is 3.80. The molecular weight excluding hydrogens is 266 g/mol. The van der Waals surface area contributed by atoms with Crippen LogP contribution in [0.15, 0.2) is 30.3 Å². The Kier molecular flexibility index (Phi) is 6.50. The number of anilines is 1. The lowest BCUT2D eigenvalue weighted by molar-refractivity contribution is -0.900. The zero-order valence-corrected chi connectivity index (χ0v) is 12.8. The second kappa shape index (κ2) is 8.64. The molecule has 1 saturated heterocycles. The Labute approximate surface area is 126 Å². The molecule has 21 heavy (non-hydrogen) atoms. The Balaban J connectivity index is 1.57. The van der Waals surface area contributed by atoms with Crippen LogP contribution in [0.4, 0.5) is 5.69 Å². The summed E-state index contributed by atoms with van der Waals surface area (Å²) in [6, 6.07) is 10.3. The van der Waals surface area contributed by atoms with Gasteiger partial charge in [-0.05, 0) is 18.6 Å². The molecular formula is C16H26N3O2+. The Hall–Kier alpha value is -1.59. The summed E-state index contributed by atoms with van der Waals surface area (Å²) in [6.07, 6.45) is 0.954. The molecule has 0 atom stereocenters. The normalized spacial score (nSPS) is 15.7. The van der Waals surface area contributed by atoms with Crippen molar-refractivity contribution in [2.24, 2.45) is 0 Å². The maximum atomic E-state index is 11.8. The van der Waals surface area contributed by atoms with Gasteiger partial charge in [-0.2, -0.15) is 0 Å². The van der Waals surface area contributed by atoms with Crippen LogP contribution in [-0.4, -0.2) is 58.9 Å². The molecule has 1 aliphatic rings. The lowest BCUT2D eigenvalue weighted by Gasteiger charge is -2.23. The molecule has 1 aromatic carbocycles. The van der Waals surface area contributed by atoms with Crippen molar-refractivity contribution in [3.63, 3.8) is 0 Å². The van der Waals surface area contributed by atoms with Crippen LogP contribution in [0.2, 0.25) is 0 Å². The van der Waals surface area contributed by atoms with Gasteiger partial charge in [-0.1, -0.05) is 18.2 Å². The average molecular weight is 292 g/mol. The maximum absolute atomic E-state index is 11.8. The van der Waals surface area contributed by atoms with Crippen LogP contribution in [0.1, 0.15) is 6.42 Å². The van der Waals surface area contributed by atoms with Gasteiger partial charge in [0, 0.05) is 25.8 Å². The van der Waals surface area contributed by atoms with Crippen molar-refractivity contribution in [3.8, 4) is 0 Å². The van der Waals surface area contributed by atoms with Gasteiger partial charge in [0.15, 0.2) is 6.54 Å². The van der Waals surface area contributed by atoms with Gasteiger partial charge in [0.25, 0.3) is 5.91 Å². The van der Waals surface area contributed by atoms with E-state index in [2.05, 4.69) is 29.4 Å². The summed E-state index contributed by atoms with van der Waals surface area (Å²) in [6.45, 7) is 5.65. The summed E-state index contributed by atoms with van der Waals surface area (Å²) >= 11 is 0. The van der Waals surface area contributed by atoms with Crippen molar-refractivity contribution in [3.05, 3.63) is 30.3 Å². The summed E-state index contributed by atoms with van der Waals surface area (Å²) in [5.74, 6) is 0.147. The molecule has 0 spiro atoms. The van der Waals surface area contributed by atoms with Crippen molar-refractivity contribution >= 4 is 11.6 Å². The third kappa shape index (κ3) is 5.73. The topological polar surface area (TPSA) is 46.0 Å². The number of benzene rings is 1. The molecule has 2 rings (SSSR count). The Morgan fingerprint density at radius 1 is 1.29 bits per heavy atom. The van der Waals surface area contributed by atoms with E-state index in [0.717, 1.165) is 45.8 Å². The van der Waals surface area contributed by atoms with E-state index in [1.54, 1.807) is 0 Å². The predicted molar refractivity (Wildman–Crippen MR) is 83.7 cm³/mol. The average Bonchev–Trinajstić information content (AvgIpc) is 2.53. The zero-order chi connectivity index (χ0) is 14.9. The number of rotatable bonds is 7. The largest absolute Gasteiger partial charge is 0.375 e. The highest BCUT2D eigenvalue weighted by molar-refractivity contribution is 5.76. The summed E-state index contributed by atoms with van der Waals surface area (Å²) < 4.78 is 5.29. The van der Waals surface area contributed by atoms with Crippen LogP contribution in [0.25, 0.3) is 0 Å². The van der Waals surface area contributed by atoms with Crippen LogP contribution in [0.3, 0.4) is 0 Å². The van der Waals surface area contributed by atoms with E-state index in [4.69, 9.17) is 4.74 Å². The first-order valence-electron chi connectivity index (χ1n) is 7.70. The molecule has 5 nitrogen and oxygen atoms in total. The van der Waals surface area contributed by atoms with Crippen LogP contribution in [-0.2, 0) is 9.53 Å². The van der Waals surface area contributed by atoms with Crippen molar-refractivity contribution in [2.45, 2.75) is 6.42 Å². The standard InChI is InChI=1S/C16H25N3O2/c1-18(15-6-3-2-4-7-15)9-5-8-17-16(20)14-19-10-12-21-13-11-19/h2-4,6-7H,5,8-14H2,1H3,(H,17,20)/p+1. The fraction of sp³-hybridized carbons (Fsp3) is 0.562. The molecule has 1 aliphatic heterocycles.